The van der Waals surface area contributed by atoms with Crippen molar-refractivity contribution >= 4 is 11.3 Å². The molecule has 0 aliphatic rings. The minimum Gasteiger partial charge on any atom is -0.383 e. The molecule has 0 unspecified atom stereocenters. The van der Waals surface area contributed by atoms with Gasteiger partial charge in [0.05, 0.1) is 6.61 Å². The molecule has 2 rings (SSSR count). The fourth-order valence-corrected chi connectivity index (χ4v) is 3.49. The van der Waals surface area contributed by atoms with Crippen LogP contribution in [0.15, 0.2) is 30.3 Å². The lowest BCUT2D eigenvalue weighted by molar-refractivity contribution is 0.158. The van der Waals surface area contributed by atoms with Gasteiger partial charge in [-0.2, -0.15) is 0 Å². The molecule has 0 spiro atoms. The van der Waals surface area contributed by atoms with E-state index in [9.17, 15) is 0 Å². The molecule has 0 atom stereocenters. The average molecular weight is 348 g/mol. The van der Waals surface area contributed by atoms with Gasteiger partial charge in [0.15, 0.2) is 0 Å². The normalized spacial score (nSPS) is 10.9. The van der Waals surface area contributed by atoms with Crippen LogP contribution in [0.3, 0.4) is 0 Å². The Bertz CT molecular complexity index is 601. The Morgan fingerprint density at radius 1 is 1.12 bits per heavy atom. The molecule has 0 saturated carbocycles. The number of thiophene rings is 1. The van der Waals surface area contributed by atoms with E-state index in [-0.39, 0.29) is 0 Å². The van der Waals surface area contributed by atoms with E-state index in [1.54, 1.807) is 7.11 Å². The summed E-state index contributed by atoms with van der Waals surface area (Å²) in [6.07, 6.45) is 0. The second-order valence-electron chi connectivity index (χ2n) is 6.99. The first-order valence-corrected chi connectivity index (χ1v) is 9.49. The Hall–Kier alpha value is -1.16. The number of ether oxygens (including phenoxy) is 1. The third-order valence-electron chi connectivity index (χ3n) is 3.42. The van der Waals surface area contributed by atoms with Gasteiger partial charge in [0, 0.05) is 30.0 Å². The summed E-state index contributed by atoms with van der Waals surface area (Å²) in [5.41, 5.74) is 4.13. The lowest BCUT2D eigenvalue weighted by Crippen LogP contribution is -2.22. The number of methoxy groups -OCH3 is 1. The molecule has 0 bridgehead atoms. The van der Waals surface area contributed by atoms with E-state index in [2.05, 4.69) is 76.9 Å². The van der Waals surface area contributed by atoms with Crippen molar-refractivity contribution in [2.24, 2.45) is 5.92 Å². The van der Waals surface area contributed by atoms with Gasteiger partial charge in [-0.05, 0) is 49.6 Å². The quantitative estimate of drug-likeness (QED) is 0.657. The molecule has 0 radical (unpaired) electrons. The highest BCUT2D eigenvalue weighted by Gasteiger charge is 2.11. The molecular weight excluding hydrogens is 314 g/mol. The highest BCUT2D eigenvalue weighted by molar-refractivity contribution is 7.15. The van der Waals surface area contributed by atoms with Crippen LogP contribution in [0.1, 0.15) is 36.8 Å². The zero-order valence-corrected chi connectivity index (χ0v) is 17.2. The summed E-state index contributed by atoms with van der Waals surface area (Å²) in [6.45, 7) is 13.6. The highest BCUT2D eigenvalue weighted by Crippen LogP contribution is 2.34. The number of nitrogens with zero attached hydrogens (tertiary/aromatic N) is 1. The molecule has 0 amide bonds. The van der Waals surface area contributed by atoms with Crippen LogP contribution in [0.2, 0.25) is 0 Å². The predicted octanol–water partition coefficient (Wildman–Crippen LogP) is 5.77. The van der Waals surface area contributed by atoms with Crippen LogP contribution in [0.5, 0.6) is 0 Å². The van der Waals surface area contributed by atoms with Crippen LogP contribution in [-0.2, 0) is 11.3 Å². The van der Waals surface area contributed by atoms with Crippen molar-refractivity contribution in [1.29, 1.82) is 0 Å². The molecule has 0 N–H and O–H groups in total. The highest BCUT2D eigenvalue weighted by atomic mass is 32.1. The molecule has 1 aromatic heterocycles. The maximum absolute atomic E-state index is 5.15. The molecule has 24 heavy (non-hydrogen) atoms. The van der Waals surface area contributed by atoms with Gasteiger partial charge in [-0.3, -0.25) is 4.90 Å². The molecule has 0 saturated heterocycles. The minimum absolute atomic E-state index is 0.774. The SMILES string of the molecule is CC(C)C.COCCN(C)Cc1ccccc1-c1sc(C)cc1C. The van der Waals surface area contributed by atoms with E-state index in [4.69, 9.17) is 4.74 Å². The standard InChI is InChI=1S/C17H23NOS.C4H10/c1-13-11-14(2)20-17(13)16-8-6-5-7-15(16)12-18(3)9-10-19-4;1-4(2)3/h5-8,11H,9-10,12H2,1-4H3;4H,1-3H3. The third-order valence-corrected chi connectivity index (χ3v) is 4.61. The molecular formula is C21H33NOS. The first kappa shape index (κ1) is 20.9. The van der Waals surface area contributed by atoms with Crippen LogP contribution in [-0.4, -0.2) is 32.2 Å². The van der Waals surface area contributed by atoms with E-state index < -0.39 is 0 Å². The van der Waals surface area contributed by atoms with Crippen molar-refractivity contribution in [2.75, 3.05) is 27.3 Å². The summed E-state index contributed by atoms with van der Waals surface area (Å²) in [5.74, 6) is 0.833. The minimum atomic E-state index is 0.774. The van der Waals surface area contributed by atoms with Gasteiger partial charge in [0.25, 0.3) is 0 Å². The molecule has 2 nitrogen and oxygen atoms in total. The lowest BCUT2D eigenvalue weighted by Gasteiger charge is -2.18. The van der Waals surface area contributed by atoms with Crippen molar-refractivity contribution in [1.82, 2.24) is 4.90 Å². The first-order chi connectivity index (χ1) is 11.3. The van der Waals surface area contributed by atoms with E-state index in [0.717, 1.165) is 25.6 Å². The van der Waals surface area contributed by atoms with Gasteiger partial charge in [-0.1, -0.05) is 45.0 Å². The summed E-state index contributed by atoms with van der Waals surface area (Å²) < 4.78 is 5.15. The summed E-state index contributed by atoms with van der Waals surface area (Å²) in [6, 6.07) is 11.0. The molecule has 1 heterocycles. The van der Waals surface area contributed by atoms with E-state index in [0.29, 0.717) is 0 Å². The van der Waals surface area contributed by atoms with Crippen molar-refractivity contribution in [3.8, 4) is 10.4 Å². The Kier molecular flexibility index (Phi) is 9.27. The molecule has 1 aromatic carbocycles. The Labute approximate surface area is 152 Å². The molecule has 134 valence electrons. The van der Waals surface area contributed by atoms with Gasteiger partial charge in [-0.25, -0.2) is 0 Å². The maximum atomic E-state index is 5.15. The smallest absolute Gasteiger partial charge is 0.0589 e. The van der Waals surface area contributed by atoms with Gasteiger partial charge in [-0.15, -0.1) is 11.3 Å². The number of likely N-dealkylation sites (N-methyl/N-ethyl adjacent to an activating group) is 1. The number of benzene rings is 1. The second kappa shape index (κ2) is 10.7. The first-order valence-electron chi connectivity index (χ1n) is 8.68. The summed E-state index contributed by atoms with van der Waals surface area (Å²) >= 11 is 1.88. The van der Waals surface area contributed by atoms with Gasteiger partial charge >= 0.3 is 0 Å². The van der Waals surface area contributed by atoms with Crippen molar-refractivity contribution in [3.63, 3.8) is 0 Å². The third kappa shape index (κ3) is 7.16. The van der Waals surface area contributed by atoms with Crippen molar-refractivity contribution < 1.29 is 4.74 Å². The number of aryl methyl sites for hydroxylation is 2. The average Bonchev–Trinajstić information content (AvgIpc) is 2.83. The Balaban J connectivity index is 0.000000648. The van der Waals surface area contributed by atoms with Gasteiger partial charge in [0.2, 0.25) is 0 Å². The number of hydrogen-bond donors (Lipinski definition) is 0. The van der Waals surface area contributed by atoms with Gasteiger partial charge in [0.1, 0.15) is 0 Å². The van der Waals surface area contributed by atoms with Crippen molar-refractivity contribution in [2.45, 2.75) is 41.2 Å². The Morgan fingerprint density at radius 2 is 1.75 bits per heavy atom. The molecule has 3 heteroatoms. The zero-order valence-electron chi connectivity index (χ0n) is 16.3. The molecule has 0 aliphatic carbocycles. The Morgan fingerprint density at radius 3 is 2.29 bits per heavy atom. The topological polar surface area (TPSA) is 12.5 Å². The van der Waals surface area contributed by atoms with Crippen molar-refractivity contribution in [3.05, 3.63) is 46.3 Å². The summed E-state index contributed by atoms with van der Waals surface area (Å²) in [7, 11) is 3.89. The van der Waals surface area contributed by atoms with Crippen LogP contribution in [0.25, 0.3) is 10.4 Å². The van der Waals surface area contributed by atoms with Crippen LogP contribution in [0.4, 0.5) is 0 Å². The molecule has 0 aliphatic heterocycles. The fraction of sp³-hybridized carbons (Fsp3) is 0.524. The van der Waals surface area contributed by atoms with Crippen LogP contribution < -0.4 is 0 Å². The summed E-state index contributed by atoms with van der Waals surface area (Å²) in [5, 5.41) is 0. The molecule has 0 fully saturated rings. The molecule has 2 aromatic rings. The number of rotatable bonds is 6. The number of hydrogen-bond acceptors (Lipinski definition) is 3. The largest absolute Gasteiger partial charge is 0.383 e. The zero-order chi connectivity index (χ0) is 18.1. The van der Waals surface area contributed by atoms with Crippen LogP contribution >= 0.6 is 11.3 Å². The second-order valence-corrected chi connectivity index (χ2v) is 8.25. The monoisotopic (exact) mass is 347 g/mol. The van der Waals surface area contributed by atoms with E-state index in [1.165, 1.54) is 26.4 Å². The summed E-state index contributed by atoms with van der Waals surface area (Å²) in [4.78, 5) is 5.08. The van der Waals surface area contributed by atoms with Crippen LogP contribution in [0, 0.1) is 19.8 Å². The predicted molar refractivity (Wildman–Crippen MR) is 108 cm³/mol. The van der Waals surface area contributed by atoms with E-state index in [1.807, 2.05) is 11.3 Å². The van der Waals surface area contributed by atoms with E-state index >= 15 is 0 Å². The fourth-order valence-electron chi connectivity index (χ4n) is 2.41. The lowest BCUT2D eigenvalue weighted by atomic mass is 10.0. The maximum Gasteiger partial charge on any atom is 0.0589 e. The van der Waals surface area contributed by atoms with Gasteiger partial charge < -0.3 is 4.74 Å².